The van der Waals surface area contributed by atoms with Crippen LogP contribution in [0.4, 0.5) is 5.82 Å². The summed E-state index contributed by atoms with van der Waals surface area (Å²) in [6.45, 7) is 0.00887. The van der Waals surface area contributed by atoms with Gasteiger partial charge in [-0.05, 0) is 12.1 Å². The number of aliphatic hydroxyl groups excluding tert-OH is 1. The van der Waals surface area contributed by atoms with Crippen LogP contribution in [-0.2, 0) is 0 Å². The summed E-state index contributed by atoms with van der Waals surface area (Å²) in [5, 5.41) is 18.7. The first-order valence-corrected chi connectivity index (χ1v) is 5.39. The molecule has 2 aromatic rings. The minimum Gasteiger partial charge on any atom is -0.395 e. The maximum absolute atomic E-state index is 11.7. The normalized spacial score (nSPS) is 10.3. The van der Waals surface area contributed by atoms with Crippen LogP contribution in [0.2, 0.25) is 0 Å². The summed E-state index contributed by atoms with van der Waals surface area (Å²) in [4.78, 5) is 11.7. The van der Waals surface area contributed by atoms with Crippen molar-refractivity contribution in [2.75, 3.05) is 18.9 Å². The number of aromatic nitrogens is 3. The average molecular weight is 247 g/mol. The Bertz CT molecular complexity index is 538. The van der Waals surface area contributed by atoms with E-state index in [0.717, 1.165) is 5.69 Å². The SMILES string of the molecule is Nc1c(C(=O)NCCO)nnn1-c1ccccc1. The van der Waals surface area contributed by atoms with Crippen molar-refractivity contribution < 1.29 is 9.90 Å². The zero-order valence-corrected chi connectivity index (χ0v) is 9.58. The first-order valence-electron chi connectivity index (χ1n) is 5.39. The second-order valence-electron chi connectivity index (χ2n) is 3.55. The second-order valence-corrected chi connectivity index (χ2v) is 3.55. The molecule has 7 heteroatoms. The summed E-state index contributed by atoms with van der Waals surface area (Å²) in [7, 11) is 0. The highest BCUT2D eigenvalue weighted by atomic mass is 16.3. The molecule has 0 spiro atoms. The number of hydrogen-bond donors (Lipinski definition) is 3. The minimum atomic E-state index is -0.455. The number of benzene rings is 1. The van der Waals surface area contributed by atoms with Gasteiger partial charge in [0.25, 0.3) is 5.91 Å². The average Bonchev–Trinajstić information content (AvgIpc) is 2.79. The summed E-state index contributed by atoms with van der Waals surface area (Å²) in [6.07, 6.45) is 0. The predicted octanol–water partition coefficient (Wildman–Crippen LogP) is -0.428. The van der Waals surface area contributed by atoms with Crippen LogP contribution in [0.3, 0.4) is 0 Å². The Labute approximate surface area is 103 Å². The number of para-hydroxylation sites is 1. The van der Waals surface area contributed by atoms with E-state index < -0.39 is 5.91 Å². The monoisotopic (exact) mass is 247 g/mol. The van der Waals surface area contributed by atoms with Crippen molar-refractivity contribution in [2.45, 2.75) is 0 Å². The largest absolute Gasteiger partial charge is 0.395 e. The number of amides is 1. The van der Waals surface area contributed by atoms with Crippen molar-refractivity contribution in [2.24, 2.45) is 0 Å². The van der Waals surface area contributed by atoms with Crippen molar-refractivity contribution >= 4 is 11.7 Å². The van der Waals surface area contributed by atoms with Crippen molar-refractivity contribution in [3.05, 3.63) is 36.0 Å². The van der Waals surface area contributed by atoms with Crippen LogP contribution in [0, 0.1) is 0 Å². The van der Waals surface area contributed by atoms with Gasteiger partial charge in [-0.3, -0.25) is 4.79 Å². The highest BCUT2D eigenvalue weighted by molar-refractivity contribution is 5.96. The summed E-state index contributed by atoms with van der Waals surface area (Å²) in [6, 6.07) is 9.15. The maximum atomic E-state index is 11.7. The van der Waals surface area contributed by atoms with Gasteiger partial charge in [-0.2, -0.15) is 4.68 Å². The molecule has 94 valence electrons. The fourth-order valence-electron chi connectivity index (χ4n) is 1.46. The molecular formula is C11H13N5O2. The van der Waals surface area contributed by atoms with Gasteiger partial charge in [-0.15, -0.1) is 5.10 Å². The molecule has 1 aromatic carbocycles. The molecule has 0 aliphatic carbocycles. The van der Waals surface area contributed by atoms with Crippen LogP contribution in [0.1, 0.15) is 10.5 Å². The lowest BCUT2D eigenvalue weighted by Crippen LogP contribution is -2.27. The molecule has 0 bridgehead atoms. The number of anilines is 1. The smallest absolute Gasteiger partial charge is 0.275 e. The summed E-state index contributed by atoms with van der Waals surface area (Å²) >= 11 is 0. The van der Waals surface area contributed by atoms with E-state index in [9.17, 15) is 4.79 Å². The Morgan fingerprint density at radius 1 is 1.39 bits per heavy atom. The minimum absolute atomic E-state index is 0.0484. The third-order valence-electron chi connectivity index (χ3n) is 2.32. The third kappa shape index (κ3) is 2.30. The summed E-state index contributed by atoms with van der Waals surface area (Å²) in [5.74, 6) is -0.291. The number of nitrogen functional groups attached to an aromatic ring is 1. The number of rotatable bonds is 4. The van der Waals surface area contributed by atoms with Gasteiger partial charge in [0.15, 0.2) is 11.5 Å². The molecule has 1 aromatic heterocycles. The molecule has 7 nitrogen and oxygen atoms in total. The van der Waals surface area contributed by atoms with Gasteiger partial charge in [-0.25, -0.2) is 0 Å². The number of hydrogen-bond acceptors (Lipinski definition) is 5. The second kappa shape index (κ2) is 5.28. The first-order chi connectivity index (χ1) is 8.74. The molecule has 0 fully saturated rings. The lowest BCUT2D eigenvalue weighted by atomic mass is 10.3. The van der Waals surface area contributed by atoms with Crippen LogP contribution in [0.25, 0.3) is 5.69 Å². The van der Waals surface area contributed by atoms with Gasteiger partial charge in [-0.1, -0.05) is 23.4 Å². The number of carbonyl (C=O) groups is 1. The van der Waals surface area contributed by atoms with Crippen LogP contribution < -0.4 is 11.1 Å². The fraction of sp³-hybridized carbons (Fsp3) is 0.182. The Morgan fingerprint density at radius 3 is 2.78 bits per heavy atom. The van der Waals surface area contributed by atoms with E-state index in [0.29, 0.717) is 0 Å². The van der Waals surface area contributed by atoms with Crippen molar-refractivity contribution in [1.82, 2.24) is 20.3 Å². The number of nitrogens with one attached hydrogen (secondary N) is 1. The fourth-order valence-corrected chi connectivity index (χ4v) is 1.46. The summed E-state index contributed by atoms with van der Waals surface area (Å²) in [5.41, 5.74) is 6.60. The number of aliphatic hydroxyl groups is 1. The molecular weight excluding hydrogens is 234 g/mol. The molecule has 0 saturated carbocycles. The van der Waals surface area contributed by atoms with E-state index >= 15 is 0 Å². The number of carbonyl (C=O) groups excluding carboxylic acids is 1. The number of nitrogens with zero attached hydrogens (tertiary/aromatic N) is 3. The highest BCUT2D eigenvalue weighted by Crippen LogP contribution is 2.14. The molecule has 0 radical (unpaired) electrons. The van der Waals surface area contributed by atoms with E-state index in [1.54, 1.807) is 12.1 Å². The van der Waals surface area contributed by atoms with E-state index in [1.807, 2.05) is 18.2 Å². The molecule has 0 atom stereocenters. The zero-order valence-electron chi connectivity index (χ0n) is 9.58. The van der Waals surface area contributed by atoms with Crippen LogP contribution in [0.5, 0.6) is 0 Å². The first kappa shape index (κ1) is 12.1. The van der Waals surface area contributed by atoms with Gasteiger partial charge < -0.3 is 16.2 Å². The molecule has 0 aliphatic rings. The van der Waals surface area contributed by atoms with Gasteiger partial charge >= 0.3 is 0 Å². The van der Waals surface area contributed by atoms with E-state index in [1.165, 1.54) is 4.68 Å². The van der Waals surface area contributed by atoms with Crippen molar-refractivity contribution in [3.8, 4) is 5.69 Å². The lowest BCUT2D eigenvalue weighted by Gasteiger charge is -2.03. The van der Waals surface area contributed by atoms with E-state index in [2.05, 4.69) is 15.6 Å². The molecule has 1 heterocycles. The highest BCUT2D eigenvalue weighted by Gasteiger charge is 2.17. The third-order valence-corrected chi connectivity index (χ3v) is 2.32. The lowest BCUT2D eigenvalue weighted by molar-refractivity contribution is 0.0940. The zero-order chi connectivity index (χ0) is 13.0. The standard InChI is InChI=1S/C11H13N5O2/c12-10-9(11(18)13-6-7-17)14-15-16(10)8-4-2-1-3-5-8/h1-5,17H,6-7,12H2,(H,13,18). The topological polar surface area (TPSA) is 106 Å². The molecule has 0 saturated heterocycles. The molecule has 4 N–H and O–H groups in total. The molecule has 0 aliphatic heterocycles. The van der Waals surface area contributed by atoms with Gasteiger partial charge in [0.2, 0.25) is 0 Å². The van der Waals surface area contributed by atoms with Crippen LogP contribution in [-0.4, -0.2) is 39.2 Å². The molecule has 1 amide bonds. The Balaban J connectivity index is 2.27. The molecule has 2 rings (SSSR count). The van der Waals surface area contributed by atoms with Crippen molar-refractivity contribution in [3.63, 3.8) is 0 Å². The van der Waals surface area contributed by atoms with Crippen LogP contribution in [0.15, 0.2) is 30.3 Å². The van der Waals surface area contributed by atoms with Crippen LogP contribution >= 0.6 is 0 Å². The van der Waals surface area contributed by atoms with E-state index in [-0.39, 0.29) is 24.7 Å². The Kier molecular flexibility index (Phi) is 3.54. The number of nitrogens with two attached hydrogens (primary N) is 1. The maximum Gasteiger partial charge on any atom is 0.275 e. The van der Waals surface area contributed by atoms with Crippen molar-refractivity contribution in [1.29, 1.82) is 0 Å². The quantitative estimate of drug-likeness (QED) is 0.680. The Morgan fingerprint density at radius 2 is 2.11 bits per heavy atom. The van der Waals surface area contributed by atoms with E-state index in [4.69, 9.17) is 10.8 Å². The molecule has 0 unspecified atom stereocenters. The van der Waals surface area contributed by atoms with Gasteiger partial charge in [0.05, 0.1) is 12.3 Å². The molecule has 18 heavy (non-hydrogen) atoms. The van der Waals surface area contributed by atoms with Gasteiger partial charge in [0.1, 0.15) is 0 Å². The predicted molar refractivity (Wildman–Crippen MR) is 65.2 cm³/mol. The van der Waals surface area contributed by atoms with Gasteiger partial charge in [0, 0.05) is 6.54 Å². The summed E-state index contributed by atoms with van der Waals surface area (Å²) < 4.78 is 1.38. The Hall–Kier alpha value is -2.41.